The Morgan fingerprint density at radius 2 is 2.13 bits per heavy atom. The van der Waals surface area contributed by atoms with Crippen molar-refractivity contribution in [2.24, 2.45) is 0 Å². The zero-order valence-corrected chi connectivity index (χ0v) is 12.3. The largest absolute Gasteiger partial charge is 0.496 e. The minimum absolute atomic E-state index is 0.00134. The van der Waals surface area contributed by atoms with Crippen LogP contribution in [0, 0.1) is 0 Å². The van der Waals surface area contributed by atoms with Crippen LogP contribution in [0.2, 0.25) is 0 Å². The molecule has 0 saturated heterocycles. The third-order valence-corrected chi connectivity index (χ3v) is 3.51. The molecule has 0 saturated carbocycles. The molecule has 2 aromatic rings. The Bertz CT molecular complexity index is 867. The number of hydrogen-bond acceptors (Lipinski definition) is 5. The summed E-state index contributed by atoms with van der Waals surface area (Å²) >= 11 is 0. The maximum atomic E-state index is 12.9. The molecular weight excluding hydrogens is 298 g/mol. The summed E-state index contributed by atoms with van der Waals surface area (Å²) in [6.07, 6.45) is 6.11. The molecule has 0 spiro atoms. The second-order valence-electron chi connectivity index (χ2n) is 4.84. The molecule has 0 aliphatic carbocycles. The van der Waals surface area contributed by atoms with E-state index in [0.717, 1.165) is 0 Å². The topological polar surface area (TPSA) is 85.7 Å². The maximum absolute atomic E-state index is 12.9. The van der Waals surface area contributed by atoms with Gasteiger partial charge in [0.15, 0.2) is 0 Å². The average molecular weight is 311 g/mol. The van der Waals surface area contributed by atoms with Crippen LogP contribution in [0.1, 0.15) is 20.7 Å². The summed E-state index contributed by atoms with van der Waals surface area (Å²) in [4.78, 5) is 28.5. The lowest BCUT2D eigenvalue weighted by atomic mass is 9.95. The second kappa shape index (κ2) is 5.92. The molecule has 0 fully saturated rings. The zero-order valence-electron chi connectivity index (χ0n) is 12.3. The van der Waals surface area contributed by atoms with Crippen LogP contribution in [-0.4, -0.2) is 35.6 Å². The first kappa shape index (κ1) is 14.8. The molecule has 1 aromatic heterocycles. The summed E-state index contributed by atoms with van der Waals surface area (Å²) in [7, 11) is 1.43. The fraction of sp³-hybridized carbons (Fsp3) is 0.118. The van der Waals surface area contributed by atoms with Crippen molar-refractivity contribution >= 4 is 22.7 Å². The van der Waals surface area contributed by atoms with Crippen LogP contribution >= 0.6 is 0 Å². The van der Waals surface area contributed by atoms with Gasteiger partial charge in [-0.25, -0.2) is 4.79 Å². The van der Waals surface area contributed by atoms with Gasteiger partial charge < -0.3 is 14.6 Å². The predicted octanol–water partition coefficient (Wildman–Crippen LogP) is 2.59. The van der Waals surface area contributed by atoms with Gasteiger partial charge in [-0.05, 0) is 30.4 Å². The molecule has 23 heavy (non-hydrogen) atoms. The summed E-state index contributed by atoms with van der Waals surface area (Å²) in [5.41, 5.74) is 0.896. The summed E-state index contributed by atoms with van der Waals surface area (Å²) < 4.78 is 10.4. The Labute approximate surface area is 131 Å². The number of carboxylic acid groups (broad SMARTS) is 1. The summed E-state index contributed by atoms with van der Waals surface area (Å²) in [5.74, 6) is -1.22. The summed E-state index contributed by atoms with van der Waals surface area (Å²) in [6.45, 7) is 0.394. The van der Waals surface area contributed by atoms with Gasteiger partial charge in [0.25, 0.3) is 0 Å². The number of carbonyl (C=O) groups excluding carboxylic acids is 1. The molecule has 6 nitrogen and oxygen atoms in total. The van der Waals surface area contributed by atoms with Crippen molar-refractivity contribution in [1.29, 1.82) is 0 Å². The molecule has 0 amide bonds. The van der Waals surface area contributed by atoms with Crippen molar-refractivity contribution in [1.82, 2.24) is 4.98 Å². The number of carbonyl (C=O) groups is 2. The van der Waals surface area contributed by atoms with Crippen molar-refractivity contribution in [2.45, 2.75) is 0 Å². The molecule has 0 radical (unpaired) electrons. The van der Waals surface area contributed by atoms with E-state index in [1.165, 1.54) is 25.6 Å². The second-order valence-corrected chi connectivity index (χ2v) is 4.84. The van der Waals surface area contributed by atoms with Crippen LogP contribution in [-0.2, 0) is 4.74 Å². The number of pyridine rings is 1. The minimum atomic E-state index is -1.14. The molecule has 1 aromatic carbocycles. The number of hydrogen-bond donors (Lipinski definition) is 1. The molecular formula is C17H13NO5. The van der Waals surface area contributed by atoms with E-state index in [1.54, 1.807) is 24.3 Å². The number of ether oxygens (including phenoxy) is 2. The van der Waals surface area contributed by atoms with E-state index >= 15 is 0 Å². The molecule has 0 atom stereocenters. The molecule has 2 heterocycles. The lowest BCUT2D eigenvalue weighted by Crippen LogP contribution is -2.10. The van der Waals surface area contributed by atoms with Crippen LogP contribution in [0.4, 0.5) is 0 Å². The highest BCUT2D eigenvalue weighted by molar-refractivity contribution is 6.22. The van der Waals surface area contributed by atoms with Gasteiger partial charge in [0.2, 0.25) is 5.78 Å². The number of aromatic nitrogens is 1. The van der Waals surface area contributed by atoms with Gasteiger partial charge in [-0.3, -0.25) is 9.78 Å². The van der Waals surface area contributed by atoms with E-state index in [2.05, 4.69) is 4.98 Å². The van der Waals surface area contributed by atoms with Gasteiger partial charge in [-0.1, -0.05) is 0 Å². The number of allylic oxidation sites excluding steroid dienone is 2. The number of fused-ring (bicyclic) bond motifs is 1. The van der Waals surface area contributed by atoms with Crippen molar-refractivity contribution in [2.75, 3.05) is 13.7 Å². The smallest absolute Gasteiger partial charge is 0.336 e. The molecule has 0 bridgehead atoms. The average Bonchev–Trinajstić information content (AvgIpc) is 2.60. The Kier molecular flexibility index (Phi) is 3.80. The number of rotatable bonds is 4. The third-order valence-electron chi connectivity index (χ3n) is 3.51. The fourth-order valence-electron chi connectivity index (χ4n) is 2.48. The van der Waals surface area contributed by atoms with Crippen LogP contribution < -0.4 is 4.74 Å². The number of benzene rings is 1. The Morgan fingerprint density at radius 1 is 1.30 bits per heavy atom. The lowest BCUT2D eigenvalue weighted by Gasteiger charge is -2.14. The first-order valence-corrected chi connectivity index (χ1v) is 6.85. The molecule has 0 unspecified atom stereocenters. The van der Waals surface area contributed by atoms with Gasteiger partial charge in [-0.2, -0.15) is 0 Å². The number of Topliss-reactive ketones (excluding diaryl/α,β-unsaturated/α-hetero) is 1. The molecule has 1 aliphatic heterocycles. The summed E-state index contributed by atoms with van der Waals surface area (Å²) in [6, 6.07) is 4.59. The van der Waals surface area contributed by atoms with E-state index in [9.17, 15) is 14.7 Å². The highest BCUT2D eigenvalue weighted by atomic mass is 16.5. The lowest BCUT2D eigenvalue weighted by molar-refractivity contribution is 0.0699. The number of aromatic carboxylic acids is 1. The molecule has 1 aliphatic rings. The molecule has 1 N–H and O–H groups in total. The van der Waals surface area contributed by atoms with Crippen molar-refractivity contribution in [3.05, 3.63) is 59.5 Å². The monoisotopic (exact) mass is 311 g/mol. The first-order valence-electron chi connectivity index (χ1n) is 6.85. The Balaban J connectivity index is 2.32. The quantitative estimate of drug-likeness (QED) is 0.874. The van der Waals surface area contributed by atoms with E-state index in [0.29, 0.717) is 17.7 Å². The Morgan fingerprint density at radius 3 is 2.78 bits per heavy atom. The highest BCUT2D eigenvalue weighted by Crippen LogP contribution is 2.32. The van der Waals surface area contributed by atoms with Crippen molar-refractivity contribution in [3.63, 3.8) is 0 Å². The van der Waals surface area contributed by atoms with Gasteiger partial charge in [0, 0.05) is 11.6 Å². The fourth-order valence-corrected chi connectivity index (χ4v) is 2.48. The number of nitrogens with zero attached hydrogens (tertiary/aromatic N) is 1. The summed E-state index contributed by atoms with van der Waals surface area (Å²) in [5, 5.41) is 9.68. The zero-order chi connectivity index (χ0) is 16.4. The highest BCUT2D eigenvalue weighted by Gasteiger charge is 2.24. The maximum Gasteiger partial charge on any atom is 0.336 e. The Hall–Kier alpha value is -3.15. The van der Waals surface area contributed by atoms with Crippen LogP contribution in [0.3, 0.4) is 0 Å². The van der Waals surface area contributed by atoms with Crippen molar-refractivity contribution < 1.29 is 24.2 Å². The SMILES string of the molecule is COc1ccc2nccc(C(=O)O)c2c1C(=O)C1=COCC=C1. The van der Waals surface area contributed by atoms with E-state index in [4.69, 9.17) is 9.47 Å². The van der Waals surface area contributed by atoms with E-state index in [1.807, 2.05) is 0 Å². The minimum Gasteiger partial charge on any atom is -0.496 e. The number of carboxylic acids is 1. The van der Waals surface area contributed by atoms with Crippen LogP contribution in [0.15, 0.2) is 48.4 Å². The number of ketones is 1. The first-order chi connectivity index (χ1) is 11.1. The van der Waals surface area contributed by atoms with Gasteiger partial charge in [0.05, 0.1) is 35.6 Å². The van der Waals surface area contributed by atoms with Gasteiger partial charge in [0.1, 0.15) is 12.4 Å². The molecule has 6 heteroatoms. The van der Waals surface area contributed by atoms with Crippen LogP contribution in [0.5, 0.6) is 5.75 Å². The number of methoxy groups -OCH3 is 1. The van der Waals surface area contributed by atoms with Crippen LogP contribution in [0.25, 0.3) is 10.9 Å². The van der Waals surface area contributed by atoms with E-state index in [-0.39, 0.29) is 28.0 Å². The normalized spacial score (nSPS) is 13.3. The molecule has 3 rings (SSSR count). The van der Waals surface area contributed by atoms with Crippen molar-refractivity contribution in [3.8, 4) is 5.75 Å². The van der Waals surface area contributed by atoms with E-state index < -0.39 is 5.97 Å². The predicted molar refractivity (Wildman–Crippen MR) is 82.8 cm³/mol. The standard InChI is InChI=1S/C17H13NO5/c1-22-13-5-4-12-14(11(17(20)21)6-7-18-12)15(13)16(19)10-3-2-8-23-9-10/h2-7,9H,8H2,1H3,(H,20,21). The van der Waals surface area contributed by atoms with Gasteiger partial charge >= 0.3 is 5.97 Å². The van der Waals surface area contributed by atoms with Gasteiger partial charge in [-0.15, -0.1) is 0 Å². The third kappa shape index (κ3) is 2.55. The molecule has 116 valence electrons.